The Balaban J connectivity index is 3.64. The van der Waals surface area contributed by atoms with Crippen molar-refractivity contribution in [2.24, 2.45) is 5.41 Å². The molecule has 0 aliphatic heterocycles. The molecule has 0 aliphatic carbocycles. The van der Waals surface area contributed by atoms with E-state index in [1.54, 1.807) is 13.8 Å². The minimum atomic E-state index is -0.526. The van der Waals surface area contributed by atoms with E-state index in [1.807, 2.05) is 0 Å². The van der Waals surface area contributed by atoms with Gasteiger partial charge in [0.25, 0.3) is 0 Å². The van der Waals surface area contributed by atoms with Crippen LogP contribution in [0.1, 0.15) is 33.6 Å². The zero-order chi connectivity index (χ0) is 10.5. The van der Waals surface area contributed by atoms with E-state index in [2.05, 4.69) is 0 Å². The van der Waals surface area contributed by atoms with Gasteiger partial charge in [-0.2, -0.15) is 0 Å². The Hall–Kier alpha value is -0.570. The van der Waals surface area contributed by atoms with Crippen LogP contribution in [-0.2, 0) is 14.3 Å². The molecule has 0 aromatic rings. The second-order valence-corrected chi connectivity index (χ2v) is 3.94. The van der Waals surface area contributed by atoms with Crippen LogP contribution in [0.15, 0.2) is 0 Å². The Labute approximate surface area is 83.4 Å². The average Bonchev–Trinajstić information content (AvgIpc) is 1.97. The van der Waals surface area contributed by atoms with Crippen LogP contribution >= 0.6 is 11.6 Å². The lowest BCUT2D eigenvalue weighted by Gasteiger charge is -2.18. The molecule has 0 aliphatic rings. The number of carbonyl (C=O) groups excluding carboxylic acids is 2. The van der Waals surface area contributed by atoms with Gasteiger partial charge in [-0.1, -0.05) is 13.8 Å². The molecule has 0 spiro atoms. The quantitative estimate of drug-likeness (QED) is 0.393. The van der Waals surface area contributed by atoms with Crippen LogP contribution in [0.4, 0.5) is 0 Å². The molecule has 0 rings (SSSR count). The zero-order valence-electron chi connectivity index (χ0n) is 8.22. The molecule has 0 N–H and O–H groups in total. The minimum Gasteiger partial charge on any atom is -0.466 e. The molecule has 13 heavy (non-hydrogen) atoms. The molecule has 0 aromatic heterocycles. The third kappa shape index (κ3) is 5.64. The van der Waals surface area contributed by atoms with E-state index in [9.17, 15) is 9.59 Å². The van der Waals surface area contributed by atoms with E-state index < -0.39 is 5.41 Å². The Morgan fingerprint density at radius 1 is 1.38 bits per heavy atom. The fourth-order valence-corrected chi connectivity index (χ4v) is 0.923. The smallest absolute Gasteiger partial charge is 0.302 e. The molecule has 0 fully saturated rings. The summed E-state index contributed by atoms with van der Waals surface area (Å²) in [5, 5.41) is -0.352. The summed E-state index contributed by atoms with van der Waals surface area (Å²) < 4.78 is 4.72. The van der Waals surface area contributed by atoms with Gasteiger partial charge in [-0.05, 0) is 24.4 Å². The molecule has 0 unspecified atom stereocenters. The van der Waals surface area contributed by atoms with Crippen molar-refractivity contribution in [2.45, 2.75) is 33.6 Å². The van der Waals surface area contributed by atoms with Crippen LogP contribution < -0.4 is 0 Å². The van der Waals surface area contributed by atoms with Crippen molar-refractivity contribution >= 4 is 22.8 Å². The van der Waals surface area contributed by atoms with Crippen molar-refractivity contribution in [3.8, 4) is 0 Å². The molecular formula is C9H15ClO3. The first-order valence-electron chi connectivity index (χ1n) is 4.19. The predicted octanol–water partition coefficient (Wildman–Crippen LogP) is 2.12. The summed E-state index contributed by atoms with van der Waals surface area (Å²) in [4.78, 5) is 21.2. The van der Waals surface area contributed by atoms with Crippen molar-refractivity contribution < 1.29 is 14.3 Å². The van der Waals surface area contributed by atoms with Crippen molar-refractivity contribution in [1.82, 2.24) is 0 Å². The van der Waals surface area contributed by atoms with E-state index in [4.69, 9.17) is 16.3 Å². The molecule has 0 atom stereocenters. The lowest BCUT2D eigenvalue weighted by atomic mass is 9.90. The van der Waals surface area contributed by atoms with Crippen LogP contribution in [0.2, 0.25) is 0 Å². The van der Waals surface area contributed by atoms with Gasteiger partial charge >= 0.3 is 5.97 Å². The molecule has 0 bridgehead atoms. The van der Waals surface area contributed by atoms with Gasteiger partial charge in [0.15, 0.2) is 0 Å². The first-order valence-corrected chi connectivity index (χ1v) is 4.57. The van der Waals surface area contributed by atoms with Gasteiger partial charge < -0.3 is 4.74 Å². The summed E-state index contributed by atoms with van der Waals surface area (Å²) in [7, 11) is 0. The van der Waals surface area contributed by atoms with Gasteiger partial charge in [-0.15, -0.1) is 0 Å². The standard InChI is InChI=1S/C9H15ClO3/c1-7(11)13-6-4-5-9(2,3)8(10)12/h4-6H2,1-3H3. The largest absolute Gasteiger partial charge is 0.466 e. The summed E-state index contributed by atoms with van der Waals surface area (Å²) in [6, 6.07) is 0. The van der Waals surface area contributed by atoms with Gasteiger partial charge in [0, 0.05) is 12.3 Å². The van der Waals surface area contributed by atoms with Crippen LogP contribution in [0.3, 0.4) is 0 Å². The van der Waals surface area contributed by atoms with Gasteiger partial charge in [-0.25, -0.2) is 0 Å². The summed E-state index contributed by atoms with van der Waals surface area (Å²) in [6.45, 7) is 5.26. The Morgan fingerprint density at radius 2 is 1.92 bits per heavy atom. The highest BCUT2D eigenvalue weighted by Gasteiger charge is 2.24. The maximum atomic E-state index is 10.9. The van der Waals surface area contributed by atoms with E-state index in [1.165, 1.54) is 6.92 Å². The zero-order valence-corrected chi connectivity index (χ0v) is 8.98. The Bertz CT molecular complexity index is 199. The first kappa shape index (κ1) is 12.4. The molecule has 0 saturated carbocycles. The van der Waals surface area contributed by atoms with Crippen LogP contribution in [0, 0.1) is 5.41 Å². The van der Waals surface area contributed by atoms with Crippen molar-refractivity contribution in [3.05, 3.63) is 0 Å². The van der Waals surface area contributed by atoms with Crippen molar-refractivity contribution in [3.63, 3.8) is 0 Å². The highest BCUT2D eigenvalue weighted by molar-refractivity contribution is 6.64. The normalized spacial score (nSPS) is 11.1. The maximum absolute atomic E-state index is 10.9. The Morgan fingerprint density at radius 3 is 2.31 bits per heavy atom. The second kappa shape index (κ2) is 5.22. The topological polar surface area (TPSA) is 43.4 Å². The van der Waals surface area contributed by atoms with Crippen LogP contribution in [-0.4, -0.2) is 17.8 Å². The van der Waals surface area contributed by atoms with E-state index >= 15 is 0 Å². The fraction of sp³-hybridized carbons (Fsp3) is 0.778. The first-order chi connectivity index (χ1) is 5.86. The average molecular weight is 207 g/mol. The molecule has 76 valence electrons. The predicted molar refractivity (Wildman–Crippen MR) is 50.5 cm³/mol. The van der Waals surface area contributed by atoms with Gasteiger partial charge in [-0.3, -0.25) is 9.59 Å². The van der Waals surface area contributed by atoms with Gasteiger partial charge in [0.05, 0.1) is 6.61 Å². The monoisotopic (exact) mass is 206 g/mol. The molecule has 0 amide bonds. The fourth-order valence-electron chi connectivity index (χ4n) is 0.828. The number of halogens is 1. The summed E-state index contributed by atoms with van der Waals surface area (Å²) >= 11 is 5.36. The molecule has 0 saturated heterocycles. The molecule has 0 radical (unpaired) electrons. The maximum Gasteiger partial charge on any atom is 0.302 e. The summed E-state index contributed by atoms with van der Waals surface area (Å²) in [5.74, 6) is -0.296. The third-order valence-corrected chi connectivity index (χ3v) is 2.30. The molecule has 0 heterocycles. The lowest BCUT2D eigenvalue weighted by Crippen LogP contribution is -2.20. The Kier molecular flexibility index (Phi) is 4.99. The highest BCUT2D eigenvalue weighted by Crippen LogP contribution is 2.25. The second-order valence-electron chi connectivity index (χ2n) is 3.60. The van der Waals surface area contributed by atoms with Crippen LogP contribution in [0.25, 0.3) is 0 Å². The molecule has 4 heteroatoms. The number of hydrogen-bond acceptors (Lipinski definition) is 3. The third-order valence-electron chi connectivity index (χ3n) is 1.78. The number of carbonyl (C=O) groups is 2. The highest BCUT2D eigenvalue weighted by atomic mass is 35.5. The molecule has 3 nitrogen and oxygen atoms in total. The van der Waals surface area contributed by atoms with Crippen molar-refractivity contribution in [2.75, 3.05) is 6.61 Å². The summed E-state index contributed by atoms with van der Waals surface area (Å²) in [5.41, 5.74) is -0.526. The van der Waals surface area contributed by atoms with Crippen molar-refractivity contribution in [1.29, 1.82) is 0 Å². The summed E-state index contributed by atoms with van der Waals surface area (Å²) in [6.07, 6.45) is 1.29. The lowest BCUT2D eigenvalue weighted by molar-refractivity contribution is -0.141. The van der Waals surface area contributed by atoms with Gasteiger partial charge in [0.2, 0.25) is 5.24 Å². The number of rotatable bonds is 5. The number of hydrogen-bond donors (Lipinski definition) is 0. The minimum absolute atomic E-state index is 0.296. The SMILES string of the molecule is CC(=O)OCCCC(C)(C)C(=O)Cl. The van der Waals surface area contributed by atoms with E-state index in [0.717, 1.165) is 0 Å². The molecular weight excluding hydrogens is 192 g/mol. The van der Waals surface area contributed by atoms with E-state index in [-0.39, 0.29) is 11.2 Å². The number of esters is 1. The molecule has 0 aromatic carbocycles. The van der Waals surface area contributed by atoms with Crippen LogP contribution in [0.5, 0.6) is 0 Å². The van der Waals surface area contributed by atoms with E-state index in [0.29, 0.717) is 19.4 Å². The van der Waals surface area contributed by atoms with Gasteiger partial charge in [0.1, 0.15) is 0 Å². The number of ether oxygens (including phenoxy) is 1.